The molecule has 2 fully saturated rings. The van der Waals surface area contributed by atoms with E-state index in [1.165, 1.54) is 9.21 Å². The second-order valence-electron chi connectivity index (χ2n) is 8.52. The van der Waals surface area contributed by atoms with E-state index < -0.39 is 16.1 Å². The van der Waals surface area contributed by atoms with Gasteiger partial charge >= 0.3 is 0 Å². The summed E-state index contributed by atoms with van der Waals surface area (Å²) in [6.07, 6.45) is 0.116. The molecule has 2 aliphatic heterocycles. The standard InChI is InChI=1S/C25H25N3O4S/c1-18-6-2-5-9-22(18)28-24(29)17-23(25(28)30)26-12-14-27(15-13-26)33(31,32)21-11-10-19-7-3-4-8-20(19)16-21/h2-11,16,23H,12-15,17H2,1H3. The summed E-state index contributed by atoms with van der Waals surface area (Å²) < 4.78 is 27.9. The minimum atomic E-state index is -3.64. The summed E-state index contributed by atoms with van der Waals surface area (Å²) in [7, 11) is -3.64. The summed E-state index contributed by atoms with van der Waals surface area (Å²) in [6, 6.07) is 19.6. The van der Waals surface area contributed by atoms with Crippen molar-refractivity contribution in [1.82, 2.24) is 9.21 Å². The van der Waals surface area contributed by atoms with Gasteiger partial charge in [0.1, 0.15) is 0 Å². The molecule has 1 atom stereocenters. The largest absolute Gasteiger partial charge is 0.289 e. The average Bonchev–Trinajstić information content (AvgIpc) is 3.13. The number of rotatable bonds is 4. The van der Waals surface area contributed by atoms with Crippen molar-refractivity contribution in [2.75, 3.05) is 31.1 Å². The molecule has 8 heteroatoms. The first-order valence-electron chi connectivity index (χ1n) is 11.0. The Balaban J connectivity index is 1.30. The predicted octanol–water partition coefficient (Wildman–Crippen LogP) is 2.79. The fourth-order valence-electron chi connectivity index (χ4n) is 4.70. The lowest BCUT2D eigenvalue weighted by atomic mass is 10.1. The van der Waals surface area contributed by atoms with Crippen LogP contribution in [0.1, 0.15) is 12.0 Å². The fraction of sp³-hybridized carbons (Fsp3) is 0.280. The number of carbonyl (C=O) groups excluding carboxylic acids is 2. The summed E-state index contributed by atoms with van der Waals surface area (Å²) >= 11 is 0. The zero-order valence-corrected chi connectivity index (χ0v) is 19.2. The van der Waals surface area contributed by atoms with Crippen LogP contribution in [0, 0.1) is 6.92 Å². The number of benzene rings is 3. The van der Waals surface area contributed by atoms with Gasteiger partial charge in [-0.25, -0.2) is 13.3 Å². The highest BCUT2D eigenvalue weighted by atomic mass is 32.2. The summed E-state index contributed by atoms with van der Waals surface area (Å²) in [5.74, 6) is -0.453. The molecule has 1 unspecified atom stereocenters. The van der Waals surface area contributed by atoms with Crippen molar-refractivity contribution in [3.8, 4) is 0 Å². The molecule has 33 heavy (non-hydrogen) atoms. The van der Waals surface area contributed by atoms with Gasteiger partial charge in [-0.15, -0.1) is 0 Å². The third-order valence-electron chi connectivity index (χ3n) is 6.55. The average molecular weight is 464 g/mol. The highest BCUT2D eigenvalue weighted by molar-refractivity contribution is 7.89. The molecule has 3 aromatic rings. The van der Waals surface area contributed by atoms with Crippen molar-refractivity contribution in [3.63, 3.8) is 0 Å². The summed E-state index contributed by atoms with van der Waals surface area (Å²) in [5, 5.41) is 1.87. The van der Waals surface area contributed by atoms with Crippen molar-refractivity contribution in [2.45, 2.75) is 24.3 Å². The molecule has 0 spiro atoms. The van der Waals surface area contributed by atoms with Crippen molar-refractivity contribution in [2.24, 2.45) is 0 Å². The quantitative estimate of drug-likeness (QED) is 0.556. The topological polar surface area (TPSA) is 78.0 Å². The first-order chi connectivity index (χ1) is 15.9. The van der Waals surface area contributed by atoms with Gasteiger partial charge in [0, 0.05) is 26.2 Å². The van der Waals surface area contributed by atoms with E-state index in [9.17, 15) is 18.0 Å². The van der Waals surface area contributed by atoms with E-state index >= 15 is 0 Å². The van der Waals surface area contributed by atoms with Crippen molar-refractivity contribution < 1.29 is 18.0 Å². The molecule has 0 N–H and O–H groups in total. The van der Waals surface area contributed by atoms with E-state index in [-0.39, 0.29) is 36.2 Å². The maximum Gasteiger partial charge on any atom is 0.251 e. The molecule has 5 rings (SSSR count). The van der Waals surface area contributed by atoms with Gasteiger partial charge in [-0.2, -0.15) is 4.31 Å². The van der Waals surface area contributed by atoms with E-state index in [1.54, 1.807) is 18.2 Å². The van der Waals surface area contributed by atoms with Gasteiger partial charge in [0.15, 0.2) is 0 Å². The van der Waals surface area contributed by atoms with Gasteiger partial charge in [0.2, 0.25) is 15.9 Å². The molecule has 0 aliphatic carbocycles. The second kappa shape index (κ2) is 8.37. The van der Waals surface area contributed by atoms with E-state index in [4.69, 9.17) is 0 Å². The van der Waals surface area contributed by atoms with Crippen LogP contribution in [0.4, 0.5) is 5.69 Å². The number of piperazine rings is 1. The maximum absolute atomic E-state index is 13.2. The van der Waals surface area contributed by atoms with Gasteiger partial charge in [0.05, 0.1) is 23.0 Å². The number of fused-ring (bicyclic) bond motifs is 1. The Morgan fingerprint density at radius 1 is 0.818 bits per heavy atom. The molecule has 0 aromatic heterocycles. The number of para-hydroxylation sites is 1. The second-order valence-corrected chi connectivity index (χ2v) is 10.5. The Labute approximate surface area is 193 Å². The van der Waals surface area contributed by atoms with Crippen LogP contribution in [0.25, 0.3) is 10.8 Å². The SMILES string of the molecule is Cc1ccccc1N1C(=O)CC(N2CCN(S(=O)(=O)c3ccc4ccccc4c3)CC2)C1=O. The third-order valence-corrected chi connectivity index (χ3v) is 8.45. The minimum absolute atomic E-state index is 0.116. The van der Waals surface area contributed by atoms with Crippen molar-refractivity contribution in [1.29, 1.82) is 0 Å². The van der Waals surface area contributed by atoms with E-state index in [0.717, 1.165) is 16.3 Å². The zero-order valence-electron chi connectivity index (χ0n) is 18.3. The van der Waals surface area contributed by atoms with Crippen LogP contribution >= 0.6 is 0 Å². The Morgan fingerprint density at radius 2 is 1.48 bits per heavy atom. The first-order valence-corrected chi connectivity index (χ1v) is 12.5. The van der Waals surface area contributed by atoms with E-state index in [2.05, 4.69) is 0 Å². The molecule has 0 bridgehead atoms. The van der Waals surface area contributed by atoms with Crippen LogP contribution in [0.15, 0.2) is 71.6 Å². The molecular formula is C25H25N3O4S. The first kappa shape index (κ1) is 21.8. The number of hydrogen-bond donors (Lipinski definition) is 0. The predicted molar refractivity (Wildman–Crippen MR) is 126 cm³/mol. The van der Waals surface area contributed by atoms with Gasteiger partial charge in [0.25, 0.3) is 5.91 Å². The van der Waals surface area contributed by atoms with Gasteiger partial charge < -0.3 is 0 Å². The normalized spacial score (nSPS) is 20.6. The van der Waals surface area contributed by atoms with Gasteiger partial charge in [-0.3, -0.25) is 14.5 Å². The Hall–Kier alpha value is -3.07. The minimum Gasteiger partial charge on any atom is -0.289 e. The number of amides is 2. The van der Waals surface area contributed by atoms with Crippen molar-refractivity contribution in [3.05, 3.63) is 72.3 Å². The highest BCUT2D eigenvalue weighted by Crippen LogP contribution is 2.29. The molecule has 2 saturated heterocycles. The highest BCUT2D eigenvalue weighted by Gasteiger charge is 2.44. The number of carbonyl (C=O) groups is 2. The monoisotopic (exact) mass is 463 g/mol. The number of nitrogens with zero attached hydrogens (tertiary/aromatic N) is 3. The van der Waals surface area contributed by atoms with Crippen LogP contribution < -0.4 is 4.90 Å². The zero-order chi connectivity index (χ0) is 23.2. The number of hydrogen-bond acceptors (Lipinski definition) is 5. The summed E-state index contributed by atoms with van der Waals surface area (Å²) in [6.45, 7) is 3.23. The smallest absolute Gasteiger partial charge is 0.251 e. The van der Waals surface area contributed by atoms with Gasteiger partial charge in [-0.05, 0) is 41.5 Å². The van der Waals surface area contributed by atoms with Gasteiger partial charge in [-0.1, -0.05) is 48.5 Å². The van der Waals surface area contributed by atoms with Crippen LogP contribution in [0.5, 0.6) is 0 Å². The lowest BCUT2D eigenvalue weighted by Crippen LogP contribution is -2.53. The molecule has 3 aromatic carbocycles. The Morgan fingerprint density at radius 3 is 2.21 bits per heavy atom. The van der Waals surface area contributed by atoms with Crippen LogP contribution in [0.3, 0.4) is 0 Å². The number of sulfonamides is 1. The number of anilines is 1. The van der Waals surface area contributed by atoms with E-state index in [1.807, 2.05) is 60.4 Å². The molecular weight excluding hydrogens is 438 g/mol. The third kappa shape index (κ3) is 3.84. The molecule has 2 aliphatic rings. The maximum atomic E-state index is 13.2. The number of aryl methyl sites for hydroxylation is 1. The van der Waals surface area contributed by atoms with Crippen LogP contribution in [-0.4, -0.2) is 61.7 Å². The van der Waals surface area contributed by atoms with Crippen LogP contribution in [-0.2, 0) is 19.6 Å². The molecule has 0 saturated carbocycles. The molecule has 7 nitrogen and oxygen atoms in total. The lowest BCUT2D eigenvalue weighted by molar-refractivity contribution is -0.123. The van der Waals surface area contributed by atoms with Crippen molar-refractivity contribution >= 4 is 38.3 Å². The Kier molecular flexibility index (Phi) is 5.52. The lowest BCUT2D eigenvalue weighted by Gasteiger charge is -2.36. The Bertz CT molecular complexity index is 1350. The number of imide groups is 1. The van der Waals surface area contributed by atoms with Crippen LogP contribution in [0.2, 0.25) is 0 Å². The summed E-state index contributed by atoms with van der Waals surface area (Å²) in [4.78, 5) is 29.3. The molecule has 2 heterocycles. The molecule has 0 radical (unpaired) electrons. The molecule has 170 valence electrons. The molecule has 2 amide bonds. The fourth-order valence-corrected chi connectivity index (χ4v) is 6.16. The van der Waals surface area contributed by atoms with E-state index in [0.29, 0.717) is 18.8 Å². The summed E-state index contributed by atoms with van der Waals surface area (Å²) in [5.41, 5.74) is 1.48.